The number of rotatable bonds is 6. The first-order chi connectivity index (χ1) is 14.3. The zero-order valence-electron chi connectivity index (χ0n) is 16.8. The molecule has 2 aromatic rings. The largest absolute Gasteiger partial charge is 0.490 e. The quantitative estimate of drug-likeness (QED) is 0.243. The van der Waals surface area contributed by atoms with Crippen molar-refractivity contribution < 1.29 is 19.1 Å². The molecule has 0 aliphatic carbocycles. The summed E-state index contributed by atoms with van der Waals surface area (Å²) in [5.41, 5.74) is 1.76. The van der Waals surface area contributed by atoms with E-state index >= 15 is 0 Å². The zero-order chi connectivity index (χ0) is 21.8. The number of carbonyl (C=O) groups excluding carboxylic acids is 2. The summed E-state index contributed by atoms with van der Waals surface area (Å²) >= 11 is 7.29. The number of halogens is 1. The minimum Gasteiger partial charge on any atom is -0.490 e. The van der Waals surface area contributed by atoms with Crippen LogP contribution in [0.5, 0.6) is 11.5 Å². The topological polar surface area (TPSA) is 59.1 Å². The van der Waals surface area contributed by atoms with E-state index in [-0.39, 0.29) is 10.7 Å². The van der Waals surface area contributed by atoms with Gasteiger partial charge in [-0.15, -0.1) is 0 Å². The Morgan fingerprint density at radius 2 is 1.67 bits per heavy atom. The highest BCUT2D eigenvalue weighted by molar-refractivity contribution is 14.1. The summed E-state index contributed by atoms with van der Waals surface area (Å²) in [7, 11) is 3.11. The second-order valence-corrected chi connectivity index (χ2v) is 8.13. The summed E-state index contributed by atoms with van der Waals surface area (Å²) in [6.07, 6.45) is 1.56. The molecule has 0 aromatic heterocycles. The second-order valence-electron chi connectivity index (χ2n) is 6.61. The highest BCUT2D eigenvalue weighted by Crippen LogP contribution is 2.36. The van der Waals surface area contributed by atoms with Crippen LogP contribution in [0.2, 0.25) is 0 Å². The molecule has 1 aliphatic heterocycles. The zero-order valence-corrected chi connectivity index (χ0v) is 19.8. The molecule has 3 rings (SSSR count). The molecule has 0 atom stereocenters. The second kappa shape index (κ2) is 9.57. The lowest BCUT2D eigenvalue weighted by atomic mass is 10.1. The third-order valence-electron chi connectivity index (χ3n) is 4.51. The Bertz CT molecular complexity index is 997. The van der Waals surface area contributed by atoms with Crippen LogP contribution in [0.15, 0.2) is 48.0 Å². The molecule has 0 saturated carbocycles. The van der Waals surface area contributed by atoms with E-state index in [1.54, 1.807) is 26.2 Å². The van der Waals surface area contributed by atoms with Gasteiger partial charge in [-0.25, -0.2) is 0 Å². The van der Waals surface area contributed by atoms with Crippen LogP contribution in [-0.2, 0) is 16.2 Å². The number of hydrogen-bond donors (Lipinski definition) is 0. The molecule has 0 radical (unpaired) electrons. The fourth-order valence-electron chi connectivity index (χ4n) is 2.95. The van der Waals surface area contributed by atoms with Gasteiger partial charge in [-0.2, -0.15) is 0 Å². The third-order valence-corrected chi connectivity index (χ3v) is 5.86. The molecule has 1 fully saturated rings. The van der Waals surface area contributed by atoms with Crippen LogP contribution in [-0.4, -0.2) is 47.4 Å². The molecular formula is C22H21IN2O4S. The Balaban J connectivity index is 1.94. The van der Waals surface area contributed by atoms with E-state index in [1.165, 1.54) is 9.80 Å². The lowest BCUT2D eigenvalue weighted by Gasteiger charge is -2.31. The van der Waals surface area contributed by atoms with Crippen molar-refractivity contribution in [1.82, 2.24) is 9.80 Å². The standard InChI is InChI=1S/C22H21IN2O4S/c1-4-28-18-12-15(10-16-20(26)24(2)22(30)25(3)21(16)27)11-17(23)19(18)29-13-14-8-6-5-7-9-14/h5-12H,4,13H2,1-3H3. The predicted molar refractivity (Wildman–Crippen MR) is 127 cm³/mol. The molecule has 8 heteroatoms. The van der Waals surface area contributed by atoms with Gasteiger partial charge in [0.05, 0.1) is 10.2 Å². The van der Waals surface area contributed by atoms with E-state index < -0.39 is 11.8 Å². The van der Waals surface area contributed by atoms with Gasteiger partial charge in [0.2, 0.25) is 0 Å². The molecular weight excluding hydrogens is 515 g/mol. The minimum absolute atomic E-state index is 0.0461. The monoisotopic (exact) mass is 536 g/mol. The number of nitrogens with zero attached hydrogens (tertiary/aromatic N) is 2. The van der Waals surface area contributed by atoms with Gasteiger partial charge >= 0.3 is 0 Å². The summed E-state index contributed by atoms with van der Waals surface area (Å²) < 4.78 is 12.6. The van der Waals surface area contributed by atoms with Crippen molar-refractivity contribution in [3.63, 3.8) is 0 Å². The van der Waals surface area contributed by atoms with Crippen LogP contribution in [0.25, 0.3) is 6.08 Å². The number of thiocarbonyl (C=S) groups is 1. The molecule has 1 aliphatic rings. The average Bonchev–Trinajstić information content (AvgIpc) is 2.74. The first kappa shape index (κ1) is 22.2. The van der Waals surface area contributed by atoms with Gasteiger partial charge in [0.1, 0.15) is 12.2 Å². The minimum atomic E-state index is -0.430. The van der Waals surface area contributed by atoms with Crippen LogP contribution in [0, 0.1) is 3.57 Å². The number of amides is 2. The van der Waals surface area contributed by atoms with Crippen molar-refractivity contribution in [2.75, 3.05) is 20.7 Å². The van der Waals surface area contributed by atoms with E-state index in [0.29, 0.717) is 30.3 Å². The Morgan fingerprint density at radius 3 is 2.27 bits per heavy atom. The number of likely N-dealkylation sites (N-methyl/N-ethyl adjacent to an activating group) is 2. The van der Waals surface area contributed by atoms with Crippen molar-refractivity contribution in [2.24, 2.45) is 0 Å². The molecule has 0 spiro atoms. The van der Waals surface area contributed by atoms with Crippen LogP contribution < -0.4 is 9.47 Å². The fraction of sp³-hybridized carbons (Fsp3) is 0.227. The molecule has 0 bridgehead atoms. The lowest BCUT2D eigenvalue weighted by Crippen LogP contribution is -2.52. The van der Waals surface area contributed by atoms with Crippen molar-refractivity contribution in [3.05, 3.63) is 62.7 Å². The highest BCUT2D eigenvalue weighted by atomic mass is 127. The summed E-state index contributed by atoms with van der Waals surface area (Å²) in [5, 5.41) is 0.177. The van der Waals surface area contributed by atoms with Gasteiger partial charge in [-0.05, 0) is 71.1 Å². The van der Waals surface area contributed by atoms with E-state index in [4.69, 9.17) is 21.7 Å². The summed E-state index contributed by atoms with van der Waals surface area (Å²) in [6, 6.07) is 13.5. The van der Waals surface area contributed by atoms with Crippen molar-refractivity contribution >= 4 is 57.8 Å². The first-order valence-corrected chi connectivity index (χ1v) is 10.8. The van der Waals surface area contributed by atoms with Gasteiger partial charge in [0.15, 0.2) is 16.6 Å². The van der Waals surface area contributed by atoms with E-state index in [0.717, 1.165) is 9.13 Å². The maximum Gasteiger partial charge on any atom is 0.265 e. The van der Waals surface area contributed by atoms with E-state index in [2.05, 4.69) is 22.6 Å². The van der Waals surface area contributed by atoms with Crippen LogP contribution >= 0.6 is 34.8 Å². The molecule has 156 valence electrons. The van der Waals surface area contributed by atoms with Gasteiger partial charge in [0, 0.05) is 14.1 Å². The van der Waals surface area contributed by atoms with Crippen molar-refractivity contribution in [3.8, 4) is 11.5 Å². The Kier molecular flexibility index (Phi) is 7.09. The molecule has 2 amide bonds. The normalized spacial score (nSPS) is 14.3. The Morgan fingerprint density at radius 1 is 1.03 bits per heavy atom. The van der Waals surface area contributed by atoms with Crippen molar-refractivity contribution in [1.29, 1.82) is 0 Å². The number of benzene rings is 2. The maximum atomic E-state index is 12.6. The number of carbonyl (C=O) groups is 2. The van der Waals surface area contributed by atoms with Crippen LogP contribution in [0.4, 0.5) is 0 Å². The van der Waals surface area contributed by atoms with E-state index in [1.807, 2.05) is 43.3 Å². The molecule has 1 saturated heterocycles. The Labute approximate surface area is 194 Å². The van der Waals surface area contributed by atoms with Gasteiger partial charge < -0.3 is 9.47 Å². The third kappa shape index (κ3) is 4.65. The summed E-state index contributed by atoms with van der Waals surface area (Å²) in [4.78, 5) is 27.7. The SMILES string of the molecule is CCOc1cc(C=C2C(=O)N(C)C(=S)N(C)C2=O)cc(I)c1OCc1ccccc1. The molecule has 30 heavy (non-hydrogen) atoms. The molecule has 0 N–H and O–H groups in total. The lowest BCUT2D eigenvalue weighted by molar-refractivity contribution is -0.132. The van der Waals surface area contributed by atoms with Crippen LogP contribution in [0.1, 0.15) is 18.1 Å². The summed E-state index contributed by atoms with van der Waals surface area (Å²) in [6.45, 7) is 2.74. The Hall–Kier alpha value is -2.46. The van der Waals surface area contributed by atoms with Crippen LogP contribution in [0.3, 0.4) is 0 Å². The van der Waals surface area contributed by atoms with Gasteiger partial charge in [-0.3, -0.25) is 19.4 Å². The molecule has 2 aromatic carbocycles. The molecule has 0 unspecified atom stereocenters. The smallest absolute Gasteiger partial charge is 0.265 e. The maximum absolute atomic E-state index is 12.6. The summed E-state index contributed by atoms with van der Waals surface area (Å²) in [5.74, 6) is 0.321. The van der Waals surface area contributed by atoms with E-state index in [9.17, 15) is 9.59 Å². The van der Waals surface area contributed by atoms with Gasteiger partial charge in [-0.1, -0.05) is 30.3 Å². The first-order valence-electron chi connectivity index (χ1n) is 9.28. The predicted octanol–water partition coefficient (Wildman–Crippen LogP) is 3.87. The molecule has 6 nitrogen and oxygen atoms in total. The average molecular weight is 536 g/mol. The fourth-order valence-corrected chi connectivity index (χ4v) is 3.89. The van der Waals surface area contributed by atoms with Gasteiger partial charge in [0.25, 0.3) is 11.8 Å². The number of hydrogen-bond acceptors (Lipinski definition) is 5. The number of ether oxygens (including phenoxy) is 2. The highest BCUT2D eigenvalue weighted by Gasteiger charge is 2.35. The molecule has 1 heterocycles. The van der Waals surface area contributed by atoms with Crippen molar-refractivity contribution in [2.45, 2.75) is 13.5 Å².